The largest absolute Gasteiger partial charge is 0.495 e. The first-order chi connectivity index (χ1) is 5.16. The maximum atomic E-state index is 11.2. The molecule has 0 aliphatic carbocycles. The van der Waals surface area contributed by atoms with E-state index < -0.39 is 0 Å². The highest BCUT2D eigenvalue weighted by molar-refractivity contribution is 5.25. The highest BCUT2D eigenvalue weighted by atomic mass is 16.5. The van der Waals surface area contributed by atoms with E-state index >= 15 is 0 Å². The molecule has 1 aromatic rings. The fourth-order valence-corrected chi connectivity index (χ4v) is 0.842. The van der Waals surface area contributed by atoms with E-state index in [9.17, 15) is 4.79 Å². The molecule has 0 radical (unpaired) electrons. The van der Waals surface area contributed by atoms with Gasteiger partial charge in [-0.25, -0.2) is 4.68 Å². The second kappa shape index (κ2) is 2.74. The van der Waals surface area contributed by atoms with Crippen LogP contribution >= 0.6 is 0 Å². The Kier molecular flexibility index (Phi) is 1.94. The van der Waals surface area contributed by atoms with Gasteiger partial charge in [0.2, 0.25) is 0 Å². The van der Waals surface area contributed by atoms with Crippen molar-refractivity contribution >= 4 is 0 Å². The fourth-order valence-electron chi connectivity index (χ4n) is 0.842. The van der Waals surface area contributed by atoms with Gasteiger partial charge in [0.25, 0.3) is 5.56 Å². The zero-order valence-corrected chi connectivity index (χ0v) is 6.79. The van der Waals surface area contributed by atoms with Crippen LogP contribution in [0.3, 0.4) is 0 Å². The van der Waals surface area contributed by atoms with Crippen molar-refractivity contribution < 1.29 is 4.74 Å². The smallest absolute Gasteiger partial charge is 0.273 e. The highest BCUT2D eigenvalue weighted by Crippen LogP contribution is 2.08. The molecule has 0 amide bonds. The Morgan fingerprint density at radius 1 is 1.64 bits per heavy atom. The fraction of sp³-hybridized carbons (Fsp3) is 0.429. The molecule has 0 aromatic carbocycles. The highest BCUT2D eigenvalue weighted by Gasteiger charge is 2.03. The monoisotopic (exact) mass is 154 g/mol. The van der Waals surface area contributed by atoms with Crippen molar-refractivity contribution in [3.05, 3.63) is 22.1 Å². The van der Waals surface area contributed by atoms with Crippen molar-refractivity contribution in [1.29, 1.82) is 0 Å². The predicted octanol–water partition coefficient (Wildman–Crippen LogP) is 0.0973. The molecule has 1 rings (SSSR count). The van der Waals surface area contributed by atoms with Crippen LogP contribution in [-0.2, 0) is 7.05 Å². The third-order valence-corrected chi connectivity index (χ3v) is 1.55. The van der Waals surface area contributed by atoms with Gasteiger partial charge < -0.3 is 4.74 Å². The van der Waals surface area contributed by atoms with Crippen molar-refractivity contribution in [1.82, 2.24) is 9.78 Å². The predicted molar refractivity (Wildman–Crippen MR) is 40.8 cm³/mol. The summed E-state index contributed by atoms with van der Waals surface area (Å²) in [6.45, 7) is 1.71. The van der Waals surface area contributed by atoms with Gasteiger partial charge in [0.15, 0.2) is 0 Å². The van der Waals surface area contributed by atoms with Crippen LogP contribution in [0, 0.1) is 6.92 Å². The summed E-state index contributed by atoms with van der Waals surface area (Å²) in [5.41, 5.74) is 0.467. The molecule has 0 N–H and O–H groups in total. The van der Waals surface area contributed by atoms with E-state index in [-0.39, 0.29) is 5.56 Å². The summed E-state index contributed by atoms with van der Waals surface area (Å²) in [7, 11) is 3.12. The van der Waals surface area contributed by atoms with E-state index in [0.29, 0.717) is 11.3 Å². The number of aryl methyl sites for hydroxylation is 1. The molecule has 0 bridgehead atoms. The lowest BCUT2D eigenvalue weighted by molar-refractivity contribution is 0.404. The summed E-state index contributed by atoms with van der Waals surface area (Å²) in [4.78, 5) is 11.2. The molecular weight excluding hydrogens is 144 g/mol. The maximum absolute atomic E-state index is 11.2. The average Bonchev–Trinajstić information content (AvgIpc) is 2.01. The minimum atomic E-state index is -0.121. The Labute approximate surface area is 64.4 Å². The molecule has 11 heavy (non-hydrogen) atoms. The number of aromatic nitrogens is 2. The number of hydrogen-bond donors (Lipinski definition) is 0. The number of hydrogen-bond acceptors (Lipinski definition) is 3. The van der Waals surface area contributed by atoms with Crippen LogP contribution in [0.1, 0.15) is 5.56 Å². The third-order valence-electron chi connectivity index (χ3n) is 1.55. The quantitative estimate of drug-likeness (QED) is 0.576. The summed E-state index contributed by atoms with van der Waals surface area (Å²) < 4.78 is 6.18. The molecule has 0 saturated heterocycles. The zero-order valence-electron chi connectivity index (χ0n) is 6.79. The van der Waals surface area contributed by atoms with Crippen LogP contribution in [0.15, 0.2) is 11.0 Å². The van der Waals surface area contributed by atoms with Gasteiger partial charge in [0.05, 0.1) is 18.9 Å². The Bertz CT molecular complexity index is 317. The second-order valence-electron chi connectivity index (χ2n) is 2.27. The lowest BCUT2D eigenvalue weighted by atomic mass is 10.3. The molecule has 0 saturated carbocycles. The molecule has 4 nitrogen and oxygen atoms in total. The standard InChI is InChI=1S/C7H10N2O2/c1-5-6(11-3)4-8-9(2)7(5)10/h4H,1-3H3. The minimum Gasteiger partial charge on any atom is -0.495 e. The summed E-state index contributed by atoms with van der Waals surface area (Å²) in [5, 5.41) is 3.79. The molecular formula is C7H10N2O2. The van der Waals surface area contributed by atoms with Gasteiger partial charge in [-0.05, 0) is 6.92 Å². The molecule has 0 aliphatic heterocycles. The SMILES string of the molecule is COc1cnn(C)c(=O)c1C. The molecule has 4 heteroatoms. The maximum Gasteiger partial charge on any atom is 0.273 e. The Morgan fingerprint density at radius 3 is 2.82 bits per heavy atom. The van der Waals surface area contributed by atoms with Crippen molar-refractivity contribution in [2.45, 2.75) is 6.92 Å². The second-order valence-corrected chi connectivity index (χ2v) is 2.27. The summed E-state index contributed by atoms with van der Waals surface area (Å²) in [5.74, 6) is 0.535. The van der Waals surface area contributed by atoms with Crippen molar-refractivity contribution in [2.24, 2.45) is 7.05 Å². The van der Waals surface area contributed by atoms with Gasteiger partial charge in [0.1, 0.15) is 5.75 Å². The lowest BCUT2D eigenvalue weighted by Gasteiger charge is -2.03. The summed E-state index contributed by atoms with van der Waals surface area (Å²) in [6.07, 6.45) is 1.52. The topological polar surface area (TPSA) is 44.1 Å². The van der Waals surface area contributed by atoms with Gasteiger partial charge in [-0.3, -0.25) is 4.79 Å². The molecule has 0 atom stereocenters. The normalized spacial score (nSPS) is 9.73. The van der Waals surface area contributed by atoms with Gasteiger partial charge in [-0.15, -0.1) is 0 Å². The van der Waals surface area contributed by atoms with Gasteiger partial charge in [-0.2, -0.15) is 5.10 Å². The minimum absolute atomic E-state index is 0.121. The number of nitrogens with zero attached hydrogens (tertiary/aromatic N) is 2. The van der Waals surface area contributed by atoms with E-state index in [1.165, 1.54) is 18.0 Å². The van der Waals surface area contributed by atoms with Crippen LogP contribution in [0.25, 0.3) is 0 Å². The van der Waals surface area contributed by atoms with Gasteiger partial charge in [-0.1, -0.05) is 0 Å². The van der Waals surface area contributed by atoms with E-state index in [4.69, 9.17) is 4.74 Å². The molecule has 1 heterocycles. The van der Waals surface area contributed by atoms with E-state index in [0.717, 1.165) is 0 Å². The third kappa shape index (κ3) is 1.24. The zero-order chi connectivity index (χ0) is 8.43. The summed E-state index contributed by atoms with van der Waals surface area (Å²) >= 11 is 0. The molecule has 60 valence electrons. The van der Waals surface area contributed by atoms with Crippen LogP contribution in [0.2, 0.25) is 0 Å². The number of ether oxygens (including phenoxy) is 1. The lowest BCUT2D eigenvalue weighted by Crippen LogP contribution is -2.21. The molecule has 0 aliphatic rings. The summed E-state index contributed by atoms with van der Waals surface area (Å²) in [6, 6.07) is 0. The Balaban J connectivity index is 3.37. The van der Waals surface area contributed by atoms with Gasteiger partial charge >= 0.3 is 0 Å². The van der Waals surface area contributed by atoms with Crippen LogP contribution in [0.5, 0.6) is 5.75 Å². The van der Waals surface area contributed by atoms with Crippen LogP contribution in [-0.4, -0.2) is 16.9 Å². The van der Waals surface area contributed by atoms with Gasteiger partial charge in [0, 0.05) is 7.05 Å². The first-order valence-corrected chi connectivity index (χ1v) is 3.23. The average molecular weight is 154 g/mol. The van der Waals surface area contributed by atoms with Crippen LogP contribution < -0.4 is 10.3 Å². The van der Waals surface area contributed by atoms with Crippen molar-refractivity contribution in [3.63, 3.8) is 0 Å². The number of rotatable bonds is 1. The van der Waals surface area contributed by atoms with Crippen molar-refractivity contribution in [3.8, 4) is 5.75 Å². The van der Waals surface area contributed by atoms with Crippen LogP contribution in [0.4, 0.5) is 0 Å². The van der Waals surface area contributed by atoms with Crippen molar-refractivity contribution in [2.75, 3.05) is 7.11 Å². The van der Waals surface area contributed by atoms with E-state index in [1.54, 1.807) is 14.0 Å². The Morgan fingerprint density at radius 2 is 2.27 bits per heavy atom. The molecule has 1 aromatic heterocycles. The molecule has 0 unspecified atom stereocenters. The first kappa shape index (κ1) is 7.78. The molecule has 0 fully saturated rings. The van der Waals surface area contributed by atoms with E-state index in [2.05, 4.69) is 5.10 Å². The molecule has 0 spiro atoms. The number of methoxy groups -OCH3 is 1. The Hall–Kier alpha value is -1.32. The van der Waals surface area contributed by atoms with E-state index in [1.807, 2.05) is 0 Å². The first-order valence-electron chi connectivity index (χ1n) is 3.23.